The Morgan fingerprint density at radius 1 is 0.963 bits per heavy atom. The molecule has 0 aliphatic heterocycles. The number of nitrogens with one attached hydrogen (secondary N) is 1. The van der Waals surface area contributed by atoms with Gasteiger partial charge < -0.3 is 16.2 Å². The Balaban J connectivity index is 0.00000210. The molecule has 0 saturated carbocycles. The van der Waals surface area contributed by atoms with Gasteiger partial charge in [-0.25, -0.2) is 14.6 Å². The van der Waals surface area contributed by atoms with Crippen LogP contribution in [0.3, 0.4) is 0 Å². The van der Waals surface area contributed by atoms with Crippen LogP contribution in [0, 0.1) is 0 Å². The molecule has 0 atom stereocenters. The van der Waals surface area contributed by atoms with Crippen LogP contribution >= 0.6 is 23.2 Å². The molecule has 10 heteroatoms. The Hall–Kier alpha value is -2.94. The molecule has 0 fully saturated rings. The van der Waals surface area contributed by atoms with Gasteiger partial charge in [-0.3, -0.25) is 0 Å². The summed E-state index contributed by atoms with van der Waals surface area (Å²) in [6, 6.07) is 12.6. The van der Waals surface area contributed by atoms with Crippen molar-refractivity contribution in [1.29, 1.82) is 0 Å². The predicted molar refractivity (Wildman–Crippen MR) is 104 cm³/mol. The van der Waals surface area contributed by atoms with E-state index in [1.54, 1.807) is 25.3 Å². The zero-order valence-electron chi connectivity index (χ0n) is 14.1. The average Bonchev–Trinajstić information content (AvgIpc) is 3.11. The molecule has 0 amide bonds. The minimum Gasteiger partial charge on any atom is -0.497 e. The van der Waals surface area contributed by atoms with Gasteiger partial charge in [-0.15, -0.1) is 0 Å². The quantitative estimate of drug-likeness (QED) is 0.492. The number of methoxy groups -OCH3 is 1. The van der Waals surface area contributed by atoms with E-state index in [0.29, 0.717) is 44.3 Å². The fraction of sp³-hybridized carbons (Fsp3) is 0.0588. The van der Waals surface area contributed by atoms with Crippen LogP contribution in [0.15, 0.2) is 47.1 Å². The van der Waals surface area contributed by atoms with Crippen molar-refractivity contribution in [3.8, 4) is 17.0 Å². The molecule has 2 aromatic carbocycles. The van der Waals surface area contributed by atoms with E-state index in [1.165, 1.54) is 0 Å². The van der Waals surface area contributed by atoms with Gasteiger partial charge >= 0.3 is 0 Å². The molecule has 4 N–H and O–H groups in total. The van der Waals surface area contributed by atoms with Gasteiger partial charge in [-0.1, -0.05) is 35.3 Å². The second-order valence-electron chi connectivity index (χ2n) is 5.32. The highest BCUT2D eigenvalue weighted by molar-refractivity contribution is 6.42. The molecule has 2 heterocycles. The number of halogens is 2. The first kappa shape index (κ1) is 18.8. The number of benzene rings is 2. The number of anilines is 2. The highest BCUT2D eigenvalue weighted by Crippen LogP contribution is 2.32. The van der Waals surface area contributed by atoms with Crippen LogP contribution in [-0.2, 0) is 0 Å². The third kappa shape index (κ3) is 3.77. The summed E-state index contributed by atoms with van der Waals surface area (Å²) >= 11 is 12.1. The van der Waals surface area contributed by atoms with Crippen molar-refractivity contribution in [3.63, 3.8) is 0 Å². The van der Waals surface area contributed by atoms with E-state index in [-0.39, 0.29) is 6.15 Å². The molecule has 0 aliphatic carbocycles. The molecule has 4 rings (SSSR count). The zero-order chi connectivity index (χ0) is 18.1. The van der Waals surface area contributed by atoms with Crippen molar-refractivity contribution in [2.75, 3.05) is 12.4 Å². The van der Waals surface area contributed by atoms with E-state index in [4.69, 9.17) is 32.6 Å². The number of hydrogen-bond donors (Lipinski definition) is 2. The number of aromatic nitrogens is 4. The predicted octanol–water partition coefficient (Wildman–Crippen LogP) is 4.90. The molecule has 0 spiro atoms. The Bertz CT molecular complexity index is 1100. The standard InChI is InChI=1S/C17H11Cl2N5O2.H3N/c1-25-11-4-2-3-9(7-11)14-15(22-17-16(21-14)23-26-24-17)20-10-5-6-12(18)13(19)8-10;/h2-8H,1H3,(H,20,22,24);1H3. The molecular weight excluding hydrogens is 391 g/mol. The van der Waals surface area contributed by atoms with Crippen molar-refractivity contribution < 1.29 is 9.37 Å². The summed E-state index contributed by atoms with van der Waals surface area (Å²) in [6.45, 7) is 0. The first-order valence-electron chi connectivity index (χ1n) is 7.51. The minimum absolute atomic E-state index is 0. The average molecular weight is 405 g/mol. The van der Waals surface area contributed by atoms with Gasteiger partial charge in [0.15, 0.2) is 5.82 Å². The maximum atomic E-state index is 6.09. The van der Waals surface area contributed by atoms with E-state index in [0.717, 1.165) is 5.56 Å². The highest BCUT2D eigenvalue weighted by atomic mass is 35.5. The first-order valence-corrected chi connectivity index (χ1v) is 8.26. The Labute approximate surface area is 164 Å². The smallest absolute Gasteiger partial charge is 0.245 e. The number of fused-ring (bicyclic) bond motifs is 1. The Morgan fingerprint density at radius 2 is 1.74 bits per heavy atom. The van der Waals surface area contributed by atoms with Gasteiger partial charge in [-0.2, -0.15) is 0 Å². The van der Waals surface area contributed by atoms with Crippen molar-refractivity contribution >= 4 is 46.0 Å². The van der Waals surface area contributed by atoms with E-state index < -0.39 is 0 Å². The maximum Gasteiger partial charge on any atom is 0.245 e. The van der Waals surface area contributed by atoms with Crippen molar-refractivity contribution in [2.24, 2.45) is 0 Å². The summed E-state index contributed by atoms with van der Waals surface area (Å²) < 4.78 is 10.0. The zero-order valence-corrected chi connectivity index (χ0v) is 15.6. The summed E-state index contributed by atoms with van der Waals surface area (Å²) in [5.41, 5.74) is 2.66. The normalized spacial score (nSPS) is 10.5. The molecule has 0 unspecified atom stereocenters. The monoisotopic (exact) mass is 404 g/mol. The van der Waals surface area contributed by atoms with E-state index in [2.05, 4.69) is 25.6 Å². The lowest BCUT2D eigenvalue weighted by atomic mass is 10.1. The molecule has 4 aromatic rings. The third-order valence-corrected chi connectivity index (χ3v) is 4.38. The van der Waals surface area contributed by atoms with Gasteiger partial charge in [0, 0.05) is 11.3 Å². The summed E-state index contributed by atoms with van der Waals surface area (Å²) in [5, 5.41) is 11.6. The largest absolute Gasteiger partial charge is 0.497 e. The summed E-state index contributed by atoms with van der Waals surface area (Å²) in [4.78, 5) is 8.97. The Kier molecular flexibility index (Phi) is 5.41. The van der Waals surface area contributed by atoms with Gasteiger partial charge in [0.2, 0.25) is 11.3 Å². The fourth-order valence-corrected chi connectivity index (χ4v) is 2.71. The summed E-state index contributed by atoms with van der Waals surface area (Å²) in [6.07, 6.45) is 0. The molecule has 0 aliphatic rings. The molecule has 138 valence electrons. The number of rotatable bonds is 4. The molecule has 0 bridgehead atoms. The van der Waals surface area contributed by atoms with Gasteiger partial charge in [-0.05, 0) is 40.6 Å². The Morgan fingerprint density at radius 3 is 2.48 bits per heavy atom. The molecule has 8 nitrogen and oxygen atoms in total. The second kappa shape index (κ2) is 7.75. The van der Waals surface area contributed by atoms with E-state index in [9.17, 15) is 0 Å². The lowest BCUT2D eigenvalue weighted by Gasteiger charge is -2.11. The first-order chi connectivity index (χ1) is 12.6. The van der Waals surface area contributed by atoms with Crippen LogP contribution in [0.5, 0.6) is 5.75 Å². The molecular formula is C17H14Cl2N6O2. The highest BCUT2D eigenvalue weighted by Gasteiger charge is 2.15. The molecule has 27 heavy (non-hydrogen) atoms. The van der Waals surface area contributed by atoms with Gasteiger partial charge in [0.25, 0.3) is 0 Å². The van der Waals surface area contributed by atoms with Crippen LogP contribution in [0.2, 0.25) is 10.0 Å². The lowest BCUT2D eigenvalue weighted by Crippen LogP contribution is -2.00. The third-order valence-electron chi connectivity index (χ3n) is 3.64. The number of ether oxygens (including phenoxy) is 1. The van der Waals surface area contributed by atoms with Crippen molar-refractivity contribution in [2.45, 2.75) is 0 Å². The van der Waals surface area contributed by atoms with Crippen molar-refractivity contribution in [1.82, 2.24) is 26.4 Å². The van der Waals surface area contributed by atoms with Crippen molar-refractivity contribution in [3.05, 3.63) is 52.5 Å². The van der Waals surface area contributed by atoms with Gasteiger partial charge in [0.1, 0.15) is 11.4 Å². The second-order valence-corrected chi connectivity index (χ2v) is 6.13. The number of nitrogens with zero attached hydrogens (tertiary/aromatic N) is 4. The van der Waals surface area contributed by atoms with Crippen LogP contribution < -0.4 is 16.2 Å². The summed E-state index contributed by atoms with van der Waals surface area (Å²) in [7, 11) is 1.60. The maximum absolute atomic E-state index is 6.09. The number of hydrogen-bond acceptors (Lipinski definition) is 8. The van der Waals surface area contributed by atoms with Crippen LogP contribution in [-0.4, -0.2) is 27.4 Å². The molecule has 0 saturated heterocycles. The lowest BCUT2D eigenvalue weighted by molar-refractivity contribution is 0.314. The van der Waals surface area contributed by atoms with E-state index in [1.807, 2.05) is 24.3 Å². The van der Waals surface area contributed by atoms with E-state index >= 15 is 0 Å². The van der Waals surface area contributed by atoms with Crippen LogP contribution in [0.1, 0.15) is 0 Å². The molecule has 0 radical (unpaired) electrons. The van der Waals surface area contributed by atoms with Crippen LogP contribution in [0.4, 0.5) is 11.5 Å². The summed E-state index contributed by atoms with van der Waals surface area (Å²) in [5.74, 6) is 1.17. The van der Waals surface area contributed by atoms with Gasteiger partial charge in [0.05, 0.1) is 17.2 Å². The minimum atomic E-state index is 0. The topological polar surface area (TPSA) is 121 Å². The fourth-order valence-electron chi connectivity index (χ4n) is 2.41. The molecule has 2 aromatic heterocycles. The van der Waals surface area contributed by atoms with Crippen LogP contribution in [0.25, 0.3) is 22.6 Å². The SMILES string of the molecule is COc1cccc(-c2nc3nonc3nc2Nc2ccc(Cl)c(Cl)c2)c1.N.